The highest BCUT2D eigenvalue weighted by Crippen LogP contribution is 2.36. The molecule has 0 aromatic carbocycles. The molecule has 7 nitrogen and oxygen atoms in total. The highest BCUT2D eigenvalue weighted by Gasteiger charge is 2.28. The van der Waals surface area contributed by atoms with E-state index in [0.29, 0.717) is 0 Å². The molecule has 3 aromatic rings. The van der Waals surface area contributed by atoms with Crippen LogP contribution in [0.2, 0.25) is 0 Å². The van der Waals surface area contributed by atoms with E-state index in [1.165, 1.54) is 12.8 Å². The SMILES string of the molecule is Cc1cc(-c2cn[nH]c2C2CCCCN2Cc2cnc(C)nc2)on1. The fourth-order valence-electron chi connectivity index (χ4n) is 3.48. The molecule has 3 aromatic heterocycles. The van der Waals surface area contributed by atoms with Crippen LogP contribution in [0.5, 0.6) is 0 Å². The fourth-order valence-corrected chi connectivity index (χ4v) is 3.48. The van der Waals surface area contributed by atoms with E-state index in [1.807, 2.05) is 38.5 Å². The standard InChI is InChI=1S/C18H22N6O/c1-12-7-17(25-23-12)15-10-21-22-18(15)16-5-3-4-6-24(16)11-14-8-19-13(2)20-9-14/h7-10,16H,3-6,11H2,1-2H3,(H,21,22). The summed E-state index contributed by atoms with van der Waals surface area (Å²) in [6.07, 6.45) is 9.17. The number of nitrogens with one attached hydrogen (secondary N) is 1. The van der Waals surface area contributed by atoms with Gasteiger partial charge in [-0.1, -0.05) is 11.6 Å². The first-order chi connectivity index (χ1) is 12.2. The first kappa shape index (κ1) is 16.0. The van der Waals surface area contributed by atoms with E-state index in [2.05, 4.69) is 30.2 Å². The van der Waals surface area contributed by atoms with Crippen molar-refractivity contribution < 1.29 is 4.52 Å². The second-order valence-corrected chi connectivity index (χ2v) is 6.65. The third-order valence-electron chi connectivity index (χ3n) is 4.73. The molecule has 1 unspecified atom stereocenters. The van der Waals surface area contributed by atoms with Crippen molar-refractivity contribution in [3.05, 3.63) is 47.4 Å². The molecule has 7 heteroatoms. The van der Waals surface area contributed by atoms with Crippen LogP contribution < -0.4 is 0 Å². The van der Waals surface area contributed by atoms with Crippen molar-refractivity contribution >= 4 is 0 Å². The number of nitrogens with zero attached hydrogens (tertiary/aromatic N) is 5. The summed E-state index contributed by atoms with van der Waals surface area (Å²) in [4.78, 5) is 11.1. The van der Waals surface area contributed by atoms with Crippen molar-refractivity contribution in [3.8, 4) is 11.3 Å². The Bertz CT molecular complexity index is 837. The lowest BCUT2D eigenvalue weighted by Gasteiger charge is -2.35. The molecule has 25 heavy (non-hydrogen) atoms. The van der Waals surface area contributed by atoms with E-state index in [-0.39, 0.29) is 6.04 Å². The number of H-pyrrole nitrogens is 1. The maximum atomic E-state index is 5.46. The monoisotopic (exact) mass is 338 g/mol. The lowest BCUT2D eigenvalue weighted by Crippen LogP contribution is -2.33. The van der Waals surface area contributed by atoms with E-state index in [9.17, 15) is 0 Å². The number of aromatic amines is 1. The molecular weight excluding hydrogens is 316 g/mol. The first-order valence-electron chi connectivity index (χ1n) is 8.69. The highest BCUT2D eigenvalue weighted by atomic mass is 16.5. The maximum absolute atomic E-state index is 5.46. The van der Waals surface area contributed by atoms with Gasteiger partial charge in [0.15, 0.2) is 5.76 Å². The molecular formula is C18H22N6O. The number of aromatic nitrogens is 5. The van der Waals surface area contributed by atoms with Crippen molar-refractivity contribution in [1.29, 1.82) is 0 Å². The number of hydrogen-bond donors (Lipinski definition) is 1. The zero-order valence-electron chi connectivity index (χ0n) is 14.6. The maximum Gasteiger partial charge on any atom is 0.170 e. The van der Waals surface area contributed by atoms with Gasteiger partial charge in [0.25, 0.3) is 0 Å². The lowest BCUT2D eigenvalue weighted by atomic mass is 9.96. The molecule has 1 saturated heterocycles. The Labute approximate surface area is 146 Å². The Morgan fingerprint density at radius 1 is 1.20 bits per heavy atom. The molecule has 0 bridgehead atoms. The van der Waals surface area contributed by atoms with E-state index in [1.54, 1.807) is 0 Å². The van der Waals surface area contributed by atoms with Crippen LogP contribution in [0.3, 0.4) is 0 Å². The van der Waals surface area contributed by atoms with Gasteiger partial charge in [0, 0.05) is 30.6 Å². The van der Waals surface area contributed by atoms with Crippen LogP contribution in [-0.4, -0.2) is 36.8 Å². The van der Waals surface area contributed by atoms with E-state index >= 15 is 0 Å². The molecule has 0 amide bonds. The van der Waals surface area contributed by atoms with Crippen LogP contribution in [0.25, 0.3) is 11.3 Å². The second kappa shape index (κ2) is 6.76. The van der Waals surface area contributed by atoms with Crippen LogP contribution in [0, 0.1) is 13.8 Å². The second-order valence-electron chi connectivity index (χ2n) is 6.65. The molecule has 1 aliphatic heterocycles. The molecule has 0 saturated carbocycles. The summed E-state index contributed by atoms with van der Waals surface area (Å²) in [6, 6.07) is 2.23. The number of piperidine rings is 1. The van der Waals surface area contributed by atoms with Gasteiger partial charge in [0.2, 0.25) is 0 Å². The van der Waals surface area contributed by atoms with E-state index in [0.717, 1.165) is 53.6 Å². The summed E-state index contributed by atoms with van der Waals surface area (Å²) >= 11 is 0. The number of rotatable bonds is 4. The van der Waals surface area contributed by atoms with Gasteiger partial charge in [-0.15, -0.1) is 0 Å². The topological polar surface area (TPSA) is 83.7 Å². The largest absolute Gasteiger partial charge is 0.356 e. The van der Waals surface area contributed by atoms with E-state index < -0.39 is 0 Å². The molecule has 130 valence electrons. The van der Waals surface area contributed by atoms with Crippen LogP contribution in [-0.2, 0) is 6.54 Å². The minimum absolute atomic E-state index is 0.276. The molecule has 0 aliphatic carbocycles. The fraction of sp³-hybridized carbons (Fsp3) is 0.444. The quantitative estimate of drug-likeness (QED) is 0.786. The minimum atomic E-state index is 0.276. The molecule has 0 spiro atoms. The summed E-state index contributed by atoms with van der Waals surface area (Å²) < 4.78 is 5.46. The van der Waals surface area contributed by atoms with Gasteiger partial charge in [0.05, 0.1) is 29.2 Å². The molecule has 1 N–H and O–H groups in total. The zero-order chi connectivity index (χ0) is 17.2. The Balaban J connectivity index is 1.61. The summed E-state index contributed by atoms with van der Waals surface area (Å²) in [5.41, 5.74) is 4.11. The summed E-state index contributed by atoms with van der Waals surface area (Å²) in [7, 11) is 0. The van der Waals surface area contributed by atoms with Crippen molar-refractivity contribution in [3.63, 3.8) is 0 Å². The summed E-state index contributed by atoms with van der Waals surface area (Å²) in [5, 5.41) is 11.5. The molecule has 4 rings (SSSR count). The van der Waals surface area contributed by atoms with Gasteiger partial charge in [-0.3, -0.25) is 10.00 Å². The average molecular weight is 338 g/mol. The zero-order valence-corrected chi connectivity index (χ0v) is 14.6. The van der Waals surface area contributed by atoms with Crippen LogP contribution >= 0.6 is 0 Å². The lowest BCUT2D eigenvalue weighted by molar-refractivity contribution is 0.137. The Morgan fingerprint density at radius 2 is 2.04 bits per heavy atom. The van der Waals surface area contributed by atoms with Gasteiger partial charge >= 0.3 is 0 Å². The van der Waals surface area contributed by atoms with Crippen LogP contribution in [0.1, 0.15) is 48.1 Å². The highest BCUT2D eigenvalue weighted by molar-refractivity contribution is 5.60. The molecule has 4 heterocycles. The van der Waals surface area contributed by atoms with Gasteiger partial charge < -0.3 is 4.52 Å². The normalized spacial score (nSPS) is 18.6. The van der Waals surface area contributed by atoms with Gasteiger partial charge in [-0.05, 0) is 33.2 Å². The number of likely N-dealkylation sites (tertiary alicyclic amines) is 1. The van der Waals surface area contributed by atoms with Crippen LogP contribution in [0.4, 0.5) is 0 Å². The third kappa shape index (κ3) is 3.32. The molecule has 1 atom stereocenters. The van der Waals surface area contributed by atoms with Crippen LogP contribution in [0.15, 0.2) is 29.2 Å². The predicted molar refractivity (Wildman–Crippen MR) is 92.6 cm³/mol. The first-order valence-corrected chi connectivity index (χ1v) is 8.69. The molecule has 0 radical (unpaired) electrons. The van der Waals surface area contributed by atoms with Crippen molar-refractivity contribution in [2.24, 2.45) is 0 Å². The predicted octanol–water partition coefficient (Wildman–Crippen LogP) is 3.20. The third-order valence-corrected chi connectivity index (χ3v) is 4.73. The van der Waals surface area contributed by atoms with Crippen molar-refractivity contribution in [1.82, 2.24) is 30.2 Å². The number of aryl methyl sites for hydroxylation is 2. The summed E-state index contributed by atoms with van der Waals surface area (Å²) in [6.45, 7) is 5.71. The summed E-state index contributed by atoms with van der Waals surface area (Å²) in [5.74, 6) is 1.57. The van der Waals surface area contributed by atoms with Gasteiger partial charge in [-0.2, -0.15) is 5.10 Å². The Kier molecular flexibility index (Phi) is 4.31. The molecule has 1 aliphatic rings. The van der Waals surface area contributed by atoms with E-state index in [4.69, 9.17) is 4.52 Å². The Morgan fingerprint density at radius 3 is 2.80 bits per heavy atom. The number of hydrogen-bond acceptors (Lipinski definition) is 6. The Hall–Kier alpha value is -2.54. The van der Waals surface area contributed by atoms with Gasteiger partial charge in [-0.25, -0.2) is 9.97 Å². The van der Waals surface area contributed by atoms with Crippen molar-refractivity contribution in [2.45, 2.75) is 45.7 Å². The minimum Gasteiger partial charge on any atom is -0.356 e. The smallest absolute Gasteiger partial charge is 0.170 e. The van der Waals surface area contributed by atoms with Gasteiger partial charge in [0.1, 0.15) is 5.82 Å². The molecule has 1 fully saturated rings. The average Bonchev–Trinajstić information content (AvgIpc) is 3.26. The van der Waals surface area contributed by atoms with Crippen molar-refractivity contribution in [2.75, 3.05) is 6.54 Å².